The van der Waals surface area contributed by atoms with E-state index in [0.717, 1.165) is 19.4 Å². The number of hydrogen-bond acceptors (Lipinski definition) is 7. The molecule has 24 heavy (non-hydrogen) atoms. The van der Waals surface area contributed by atoms with Crippen LogP contribution in [0.3, 0.4) is 0 Å². The highest BCUT2D eigenvalue weighted by Gasteiger charge is 2.37. The van der Waals surface area contributed by atoms with Gasteiger partial charge in [-0.3, -0.25) is 9.69 Å². The van der Waals surface area contributed by atoms with E-state index in [0.29, 0.717) is 35.7 Å². The monoisotopic (exact) mass is 334 g/mol. The number of anilines is 2. The molecular formula is C16H26N6O2. The molecule has 8 nitrogen and oxygen atoms in total. The van der Waals surface area contributed by atoms with Gasteiger partial charge in [0, 0.05) is 32.7 Å². The molecule has 8 heteroatoms. The number of nitrogens with zero attached hydrogens (tertiary/aromatic N) is 5. The van der Waals surface area contributed by atoms with Crippen molar-refractivity contribution in [2.45, 2.75) is 44.7 Å². The number of rotatable bonds is 8. The first-order chi connectivity index (χ1) is 11.4. The van der Waals surface area contributed by atoms with Gasteiger partial charge in [-0.05, 0) is 38.5 Å². The normalized spacial score (nSPS) is 23.0. The molecule has 1 aromatic heterocycles. The van der Waals surface area contributed by atoms with Crippen LogP contribution in [-0.2, 0) is 4.79 Å². The predicted molar refractivity (Wildman–Crippen MR) is 91.3 cm³/mol. The molecule has 2 aliphatic carbocycles. The summed E-state index contributed by atoms with van der Waals surface area (Å²) in [6.07, 6.45) is 4.34. The third-order valence-corrected chi connectivity index (χ3v) is 4.63. The first kappa shape index (κ1) is 16.9. The van der Waals surface area contributed by atoms with E-state index in [1.165, 1.54) is 12.8 Å². The van der Waals surface area contributed by atoms with Crippen molar-refractivity contribution in [1.82, 2.24) is 19.9 Å². The zero-order chi connectivity index (χ0) is 17.3. The molecule has 0 aliphatic heterocycles. The lowest BCUT2D eigenvalue weighted by atomic mass is 9.85. The lowest BCUT2D eigenvalue weighted by Gasteiger charge is -2.42. The Morgan fingerprint density at radius 3 is 2.54 bits per heavy atom. The largest absolute Gasteiger partial charge is 0.480 e. The molecule has 1 heterocycles. The number of carboxylic acids is 1. The molecule has 0 radical (unpaired) electrons. The highest BCUT2D eigenvalue weighted by molar-refractivity contribution is 5.69. The van der Waals surface area contributed by atoms with Gasteiger partial charge in [-0.25, -0.2) is 0 Å². The van der Waals surface area contributed by atoms with Crippen molar-refractivity contribution >= 4 is 17.9 Å². The van der Waals surface area contributed by atoms with Crippen LogP contribution in [0.1, 0.15) is 31.5 Å². The van der Waals surface area contributed by atoms with Crippen LogP contribution in [0.2, 0.25) is 0 Å². The zero-order valence-electron chi connectivity index (χ0n) is 14.6. The van der Waals surface area contributed by atoms with E-state index in [-0.39, 0.29) is 6.54 Å². The van der Waals surface area contributed by atoms with E-state index in [9.17, 15) is 4.79 Å². The second-order valence-corrected chi connectivity index (χ2v) is 7.13. The summed E-state index contributed by atoms with van der Waals surface area (Å²) in [5, 5.41) is 12.5. The Balaban J connectivity index is 1.54. The molecule has 0 spiro atoms. The molecule has 2 aliphatic rings. The van der Waals surface area contributed by atoms with Crippen molar-refractivity contribution in [2.75, 3.05) is 37.4 Å². The number of carboxylic acid groups (broad SMARTS) is 1. The van der Waals surface area contributed by atoms with Gasteiger partial charge >= 0.3 is 5.97 Å². The lowest BCUT2D eigenvalue weighted by Crippen LogP contribution is -2.52. The van der Waals surface area contributed by atoms with Crippen LogP contribution in [0.5, 0.6) is 0 Å². The molecular weight excluding hydrogens is 308 g/mol. The first-order valence-corrected chi connectivity index (χ1v) is 8.53. The number of aromatic nitrogens is 3. The number of nitrogens with one attached hydrogen (secondary N) is 1. The van der Waals surface area contributed by atoms with Crippen molar-refractivity contribution < 1.29 is 9.90 Å². The molecule has 0 amide bonds. The molecule has 0 aromatic carbocycles. The summed E-state index contributed by atoms with van der Waals surface area (Å²) in [5.41, 5.74) is 0. The fourth-order valence-corrected chi connectivity index (χ4v) is 3.07. The quantitative estimate of drug-likeness (QED) is 0.727. The van der Waals surface area contributed by atoms with E-state index >= 15 is 0 Å². The molecule has 0 unspecified atom stereocenters. The number of hydrogen-bond donors (Lipinski definition) is 2. The molecule has 1 aromatic rings. The maximum Gasteiger partial charge on any atom is 0.317 e. The third-order valence-electron chi connectivity index (χ3n) is 4.63. The summed E-state index contributed by atoms with van der Waals surface area (Å²) in [7, 11) is 3.80. The van der Waals surface area contributed by atoms with E-state index in [1.54, 1.807) is 0 Å². The fourth-order valence-electron chi connectivity index (χ4n) is 3.07. The van der Waals surface area contributed by atoms with Gasteiger partial charge in [0.15, 0.2) is 0 Å². The van der Waals surface area contributed by atoms with Crippen LogP contribution < -0.4 is 10.2 Å². The fraction of sp³-hybridized carbons (Fsp3) is 0.750. The minimum Gasteiger partial charge on any atom is -0.480 e. The molecule has 132 valence electrons. The topological polar surface area (TPSA) is 94.5 Å². The van der Waals surface area contributed by atoms with Crippen molar-refractivity contribution in [3.63, 3.8) is 0 Å². The van der Waals surface area contributed by atoms with Crippen LogP contribution in [0.4, 0.5) is 11.9 Å². The Bertz CT molecular complexity index is 598. The van der Waals surface area contributed by atoms with Crippen LogP contribution in [-0.4, -0.2) is 70.2 Å². The second-order valence-electron chi connectivity index (χ2n) is 7.13. The Morgan fingerprint density at radius 1 is 1.25 bits per heavy atom. The van der Waals surface area contributed by atoms with Crippen LogP contribution >= 0.6 is 0 Å². The van der Waals surface area contributed by atoms with Crippen molar-refractivity contribution in [2.24, 2.45) is 5.92 Å². The zero-order valence-corrected chi connectivity index (χ0v) is 14.6. The summed E-state index contributed by atoms with van der Waals surface area (Å²) in [6, 6.07) is 0.637. The molecule has 0 saturated heterocycles. The van der Waals surface area contributed by atoms with Crippen LogP contribution in [0.25, 0.3) is 0 Å². The van der Waals surface area contributed by atoms with Crippen molar-refractivity contribution in [3.8, 4) is 0 Å². The van der Waals surface area contributed by atoms with Gasteiger partial charge in [0.1, 0.15) is 5.82 Å². The Kier molecular flexibility index (Phi) is 4.84. The average molecular weight is 334 g/mol. The maximum absolute atomic E-state index is 11.1. The standard InChI is InChI=1S/C16H26N6O2/c1-10-17-15(20-16(18-10)21(2)3)19-12-6-13(7-12)22(9-14(23)24)8-11-4-5-11/h11-13H,4-9H2,1-3H3,(H,23,24)(H,17,18,19,20). The summed E-state index contributed by atoms with van der Waals surface area (Å²) < 4.78 is 0. The van der Waals surface area contributed by atoms with E-state index in [2.05, 4.69) is 25.2 Å². The van der Waals surface area contributed by atoms with Gasteiger partial charge in [0.05, 0.1) is 6.54 Å². The van der Waals surface area contributed by atoms with Gasteiger partial charge in [0.25, 0.3) is 0 Å². The van der Waals surface area contributed by atoms with Gasteiger partial charge < -0.3 is 15.3 Å². The molecule has 3 rings (SSSR count). The molecule has 0 atom stereocenters. The Labute approximate surface area is 142 Å². The minimum atomic E-state index is -0.740. The SMILES string of the molecule is Cc1nc(NC2CC(N(CC(=O)O)CC3CC3)C2)nc(N(C)C)n1. The van der Waals surface area contributed by atoms with Gasteiger partial charge in [0.2, 0.25) is 11.9 Å². The van der Waals surface area contributed by atoms with Gasteiger partial charge in [-0.2, -0.15) is 15.0 Å². The molecule has 2 saturated carbocycles. The smallest absolute Gasteiger partial charge is 0.317 e. The Hall–Kier alpha value is -1.96. The number of aryl methyl sites for hydroxylation is 1. The number of aliphatic carboxylic acids is 1. The summed E-state index contributed by atoms with van der Waals surface area (Å²) in [4.78, 5) is 28.1. The maximum atomic E-state index is 11.1. The summed E-state index contributed by atoms with van der Waals surface area (Å²) in [5.74, 6) is 1.89. The van der Waals surface area contributed by atoms with Crippen molar-refractivity contribution in [3.05, 3.63) is 5.82 Å². The van der Waals surface area contributed by atoms with Crippen LogP contribution in [0, 0.1) is 12.8 Å². The van der Waals surface area contributed by atoms with Gasteiger partial charge in [-0.1, -0.05) is 0 Å². The third kappa shape index (κ3) is 4.31. The van der Waals surface area contributed by atoms with Gasteiger partial charge in [-0.15, -0.1) is 0 Å². The molecule has 0 bridgehead atoms. The summed E-state index contributed by atoms with van der Waals surface area (Å²) in [6.45, 7) is 2.91. The van der Waals surface area contributed by atoms with Crippen molar-refractivity contribution in [1.29, 1.82) is 0 Å². The first-order valence-electron chi connectivity index (χ1n) is 8.53. The highest BCUT2D eigenvalue weighted by Crippen LogP contribution is 2.34. The predicted octanol–water partition coefficient (Wildman–Crippen LogP) is 0.986. The van der Waals surface area contributed by atoms with E-state index in [4.69, 9.17) is 5.11 Å². The lowest BCUT2D eigenvalue weighted by molar-refractivity contribution is -0.139. The van der Waals surface area contributed by atoms with E-state index in [1.807, 2.05) is 25.9 Å². The Morgan fingerprint density at radius 2 is 1.96 bits per heavy atom. The minimum absolute atomic E-state index is 0.142. The second kappa shape index (κ2) is 6.88. The van der Waals surface area contributed by atoms with E-state index < -0.39 is 5.97 Å². The average Bonchev–Trinajstić information content (AvgIpc) is 3.24. The highest BCUT2D eigenvalue weighted by atomic mass is 16.4. The number of carbonyl (C=O) groups is 1. The molecule has 2 fully saturated rings. The summed E-state index contributed by atoms with van der Waals surface area (Å²) >= 11 is 0. The molecule has 2 N–H and O–H groups in total. The van der Waals surface area contributed by atoms with Crippen LogP contribution in [0.15, 0.2) is 0 Å².